The second kappa shape index (κ2) is 12.2. The van der Waals surface area contributed by atoms with E-state index in [4.69, 9.17) is 5.11 Å². The van der Waals surface area contributed by atoms with Gasteiger partial charge in [0.25, 0.3) is 0 Å². The highest BCUT2D eigenvalue weighted by molar-refractivity contribution is 5.84. The standard InChI is InChI=1S/C12H28N.C4H6O2/c1-5-6-7-8-9-10-11-12-13(2,3)4;1-3(2)4(5)6/h5-12H2,1-4H3;1H2,2H3,(H,5,6)/q+1;. The Morgan fingerprint density at radius 1 is 1.00 bits per heavy atom. The molecule has 0 aromatic heterocycles. The minimum Gasteiger partial charge on any atom is -0.478 e. The maximum atomic E-state index is 9.60. The van der Waals surface area contributed by atoms with Gasteiger partial charge in [-0.3, -0.25) is 0 Å². The zero-order valence-corrected chi connectivity index (χ0v) is 13.7. The van der Waals surface area contributed by atoms with Gasteiger partial charge in [-0.2, -0.15) is 0 Å². The molecule has 0 heterocycles. The van der Waals surface area contributed by atoms with Crippen molar-refractivity contribution in [2.24, 2.45) is 0 Å². The third-order valence-corrected chi connectivity index (χ3v) is 2.80. The van der Waals surface area contributed by atoms with Crippen molar-refractivity contribution in [3.63, 3.8) is 0 Å². The summed E-state index contributed by atoms with van der Waals surface area (Å²) in [4.78, 5) is 9.60. The van der Waals surface area contributed by atoms with E-state index in [1.165, 1.54) is 58.4 Å². The van der Waals surface area contributed by atoms with Gasteiger partial charge in [-0.1, -0.05) is 45.6 Å². The minimum atomic E-state index is -0.935. The summed E-state index contributed by atoms with van der Waals surface area (Å²) in [6.07, 6.45) is 9.95. The molecule has 3 heteroatoms. The molecule has 114 valence electrons. The van der Waals surface area contributed by atoms with Crippen LogP contribution in [0, 0.1) is 0 Å². The lowest BCUT2D eigenvalue weighted by Gasteiger charge is -2.23. The van der Waals surface area contributed by atoms with Crippen molar-refractivity contribution in [3.05, 3.63) is 12.2 Å². The summed E-state index contributed by atoms with van der Waals surface area (Å²) in [5.41, 5.74) is 0.176. The Labute approximate surface area is 119 Å². The quantitative estimate of drug-likeness (QED) is 0.390. The molecule has 0 aromatic rings. The van der Waals surface area contributed by atoms with Gasteiger partial charge in [-0.05, 0) is 19.8 Å². The number of carboxylic acid groups (broad SMARTS) is 1. The van der Waals surface area contributed by atoms with E-state index in [1.807, 2.05) is 0 Å². The smallest absolute Gasteiger partial charge is 0.330 e. The predicted molar refractivity (Wildman–Crippen MR) is 83.3 cm³/mol. The lowest BCUT2D eigenvalue weighted by molar-refractivity contribution is -0.870. The zero-order valence-electron chi connectivity index (χ0n) is 13.7. The van der Waals surface area contributed by atoms with E-state index in [2.05, 4.69) is 34.6 Å². The number of rotatable bonds is 9. The van der Waals surface area contributed by atoms with Crippen LogP contribution in [0.4, 0.5) is 0 Å². The number of unbranched alkanes of at least 4 members (excludes halogenated alkanes) is 6. The van der Waals surface area contributed by atoms with Crippen molar-refractivity contribution in [1.29, 1.82) is 0 Å². The van der Waals surface area contributed by atoms with Gasteiger partial charge in [0.1, 0.15) is 0 Å². The van der Waals surface area contributed by atoms with Gasteiger partial charge in [-0.25, -0.2) is 4.79 Å². The lowest BCUT2D eigenvalue weighted by Crippen LogP contribution is -2.35. The van der Waals surface area contributed by atoms with Crippen LogP contribution in [-0.4, -0.2) is 43.2 Å². The highest BCUT2D eigenvalue weighted by Crippen LogP contribution is 2.07. The third kappa shape index (κ3) is 22.8. The number of carbonyl (C=O) groups is 1. The van der Waals surface area contributed by atoms with Crippen molar-refractivity contribution >= 4 is 5.97 Å². The molecule has 0 saturated carbocycles. The van der Waals surface area contributed by atoms with Crippen LogP contribution in [0.3, 0.4) is 0 Å². The van der Waals surface area contributed by atoms with Crippen molar-refractivity contribution in [2.45, 2.75) is 58.8 Å². The molecule has 0 aliphatic rings. The van der Waals surface area contributed by atoms with Crippen LogP contribution in [0.25, 0.3) is 0 Å². The number of hydrogen-bond acceptors (Lipinski definition) is 1. The molecule has 0 fully saturated rings. The maximum Gasteiger partial charge on any atom is 0.330 e. The van der Waals surface area contributed by atoms with E-state index in [0.717, 1.165) is 4.48 Å². The first-order valence-electron chi connectivity index (χ1n) is 7.40. The molecule has 0 aromatic carbocycles. The molecule has 0 atom stereocenters. The Balaban J connectivity index is 0. The van der Waals surface area contributed by atoms with Gasteiger partial charge >= 0.3 is 5.97 Å². The summed E-state index contributed by atoms with van der Waals surface area (Å²) in [6, 6.07) is 0. The monoisotopic (exact) mass is 272 g/mol. The number of quaternary nitrogens is 1. The average molecular weight is 272 g/mol. The molecule has 0 spiro atoms. The molecule has 0 amide bonds. The largest absolute Gasteiger partial charge is 0.478 e. The van der Waals surface area contributed by atoms with E-state index in [0.29, 0.717) is 0 Å². The molecular formula is C16H34NO2+. The molecule has 3 nitrogen and oxygen atoms in total. The topological polar surface area (TPSA) is 37.3 Å². The average Bonchev–Trinajstić information content (AvgIpc) is 2.27. The fraction of sp³-hybridized carbons (Fsp3) is 0.812. The minimum absolute atomic E-state index is 0.176. The lowest BCUT2D eigenvalue weighted by atomic mass is 10.1. The van der Waals surface area contributed by atoms with Gasteiger partial charge in [0.2, 0.25) is 0 Å². The predicted octanol–water partition coefficient (Wildman–Crippen LogP) is 4.09. The van der Waals surface area contributed by atoms with Crippen molar-refractivity contribution in [1.82, 2.24) is 0 Å². The second-order valence-electron chi connectivity index (χ2n) is 6.22. The molecule has 0 saturated heterocycles. The molecular weight excluding hydrogens is 238 g/mol. The van der Waals surface area contributed by atoms with Crippen LogP contribution in [0.5, 0.6) is 0 Å². The summed E-state index contributed by atoms with van der Waals surface area (Å²) >= 11 is 0. The third-order valence-electron chi connectivity index (χ3n) is 2.80. The van der Waals surface area contributed by atoms with Crippen molar-refractivity contribution in [3.8, 4) is 0 Å². The molecule has 0 radical (unpaired) electrons. The highest BCUT2D eigenvalue weighted by atomic mass is 16.4. The van der Waals surface area contributed by atoms with Crippen LogP contribution in [-0.2, 0) is 4.79 Å². The number of hydrogen-bond donors (Lipinski definition) is 1. The van der Waals surface area contributed by atoms with E-state index in [1.54, 1.807) is 0 Å². The first-order valence-corrected chi connectivity index (χ1v) is 7.40. The van der Waals surface area contributed by atoms with Crippen LogP contribution in [0.2, 0.25) is 0 Å². The number of carboxylic acids is 1. The van der Waals surface area contributed by atoms with E-state index >= 15 is 0 Å². The SMILES string of the molecule is C=C(C)C(=O)O.CCCCCCCCC[N+](C)(C)C. The normalized spacial score (nSPS) is 10.6. The summed E-state index contributed by atoms with van der Waals surface area (Å²) in [5.74, 6) is -0.935. The Kier molecular flexibility index (Phi) is 13.2. The van der Waals surface area contributed by atoms with Crippen LogP contribution in [0.15, 0.2) is 12.2 Å². The first kappa shape index (κ1) is 20.5. The molecule has 0 aliphatic carbocycles. The van der Waals surface area contributed by atoms with Crippen molar-refractivity contribution in [2.75, 3.05) is 27.7 Å². The molecule has 0 aliphatic heterocycles. The molecule has 0 rings (SSSR count). The van der Waals surface area contributed by atoms with Gasteiger partial charge in [0.15, 0.2) is 0 Å². The van der Waals surface area contributed by atoms with Crippen LogP contribution >= 0.6 is 0 Å². The van der Waals surface area contributed by atoms with Gasteiger partial charge in [0, 0.05) is 5.57 Å². The molecule has 19 heavy (non-hydrogen) atoms. The Bertz CT molecular complexity index is 230. The summed E-state index contributed by atoms with van der Waals surface area (Å²) < 4.78 is 1.12. The van der Waals surface area contributed by atoms with E-state index in [9.17, 15) is 4.79 Å². The van der Waals surface area contributed by atoms with Gasteiger partial charge in [-0.15, -0.1) is 0 Å². The fourth-order valence-electron chi connectivity index (χ4n) is 1.54. The highest BCUT2D eigenvalue weighted by Gasteiger charge is 2.04. The van der Waals surface area contributed by atoms with Crippen molar-refractivity contribution < 1.29 is 14.4 Å². The van der Waals surface area contributed by atoms with E-state index in [-0.39, 0.29) is 5.57 Å². The maximum absolute atomic E-state index is 9.60. The Morgan fingerprint density at radius 3 is 1.68 bits per heavy atom. The Morgan fingerprint density at radius 2 is 1.37 bits per heavy atom. The van der Waals surface area contributed by atoms with E-state index < -0.39 is 5.97 Å². The number of aliphatic carboxylic acids is 1. The molecule has 0 bridgehead atoms. The molecule has 0 unspecified atom stereocenters. The van der Waals surface area contributed by atoms with Crippen LogP contribution < -0.4 is 0 Å². The zero-order chi connectivity index (χ0) is 15.3. The summed E-state index contributed by atoms with van der Waals surface area (Å²) in [5, 5.41) is 7.89. The second-order valence-corrected chi connectivity index (χ2v) is 6.22. The molecule has 1 N–H and O–H groups in total. The van der Waals surface area contributed by atoms with Crippen LogP contribution in [0.1, 0.15) is 58.8 Å². The first-order chi connectivity index (χ1) is 8.70. The van der Waals surface area contributed by atoms with Gasteiger partial charge in [0.05, 0.1) is 27.7 Å². The Hall–Kier alpha value is -0.830. The number of nitrogens with zero attached hydrogens (tertiary/aromatic N) is 1. The summed E-state index contributed by atoms with van der Waals surface area (Å²) in [7, 11) is 6.82. The summed E-state index contributed by atoms with van der Waals surface area (Å²) in [6.45, 7) is 8.20. The fourth-order valence-corrected chi connectivity index (χ4v) is 1.54. The van der Waals surface area contributed by atoms with Gasteiger partial charge < -0.3 is 9.59 Å².